The molecule has 0 amide bonds. The third kappa shape index (κ3) is 3.39. The van der Waals surface area contributed by atoms with E-state index in [0.717, 1.165) is 30.8 Å². The molecule has 1 aromatic carbocycles. The standard InChI is InChI=1S/C15H23NO2/c1-11(16)9-12-7-8-14(17-2)10-15(12)18-13-5-3-4-6-13/h7-8,10-11,13H,3-6,9,16H2,1-2H3. The minimum atomic E-state index is 0.143. The molecular formula is C15H23NO2. The van der Waals surface area contributed by atoms with E-state index in [4.69, 9.17) is 15.2 Å². The second-order valence-electron chi connectivity index (χ2n) is 5.18. The predicted molar refractivity (Wildman–Crippen MR) is 73.2 cm³/mol. The molecule has 1 saturated carbocycles. The zero-order valence-electron chi connectivity index (χ0n) is 11.3. The van der Waals surface area contributed by atoms with E-state index in [-0.39, 0.29) is 6.04 Å². The van der Waals surface area contributed by atoms with Crippen LogP contribution in [0.25, 0.3) is 0 Å². The minimum absolute atomic E-state index is 0.143. The van der Waals surface area contributed by atoms with E-state index in [9.17, 15) is 0 Å². The maximum atomic E-state index is 6.11. The summed E-state index contributed by atoms with van der Waals surface area (Å²) < 4.78 is 11.4. The molecule has 100 valence electrons. The first-order valence-corrected chi connectivity index (χ1v) is 6.78. The number of ether oxygens (including phenoxy) is 2. The highest BCUT2D eigenvalue weighted by atomic mass is 16.5. The van der Waals surface area contributed by atoms with Gasteiger partial charge in [-0.15, -0.1) is 0 Å². The lowest BCUT2D eigenvalue weighted by molar-refractivity contribution is 0.207. The van der Waals surface area contributed by atoms with Gasteiger partial charge in [0.1, 0.15) is 11.5 Å². The summed E-state index contributed by atoms with van der Waals surface area (Å²) in [4.78, 5) is 0. The van der Waals surface area contributed by atoms with Crippen molar-refractivity contribution in [2.45, 2.75) is 51.2 Å². The van der Waals surface area contributed by atoms with Gasteiger partial charge in [-0.05, 0) is 50.7 Å². The number of hydrogen-bond acceptors (Lipinski definition) is 3. The summed E-state index contributed by atoms with van der Waals surface area (Å²) in [5, 5.41) is 0. The van der Waals surface area contributed by atoms with Crippen molar-refractivity contribution in [2.75, 3.05) is 7.11 Å². The maximum absolute atomic E-state index is 6.11. The molecule has 0 saturated heterocycles. The maximum Gasteiger partial charge on any atom is 0.126 e. The summed E-state index contributed by atoms with van der Waals surface area (Å²) in [6.45, 7) is 2.02. The van der Waals surface area contributed by atoms with Crippen LogP contribution in [-0.2, 0) is 6.42 Å². The summed E-state index contributed by atoms with van der Waals surface area (Å²) in [6.07, 6.45) is 6.08. The SMILES string of the molecule is COc1ccc(CC(C)N)c(OC2CCCC2)c1. The van der Waals surface area contributed by atoms with Crippen molar-refractivity contribution in [1.29, 1.82) is 0 Å². The van der Waals surface area contributed by atoms with Gasteiger partial charge in [-0.25, -0.2) is 0 Å². The van der Waals surface area contributed by atoms with Crippen LogP contribution in [0.5, 0.6) is 11.5 Å². The lowest BCUT2D eigenvalue weighted by atomic mass is 10.1. The first-order chi connectivity index (χ1) is 8.69. The molecule has 1 aromatic rings. The summed E-state index contributed by atoms with van der Waals surface area (Å²) >= 11 is 0. The van der Waals surface area contributed by atoms with Crippen LogP contribution in [0, 0.1) is 0 Å². The zero-order chi connectivity index (χ0) is 13.0. The van der Waals surface area contributed by atoms with Crippen molar-refractivity contribution >= 4 is 0 Å². The molecular weight excluding hydrogens is 226 g/mol. The fraction of sp³-hybridized carbons (Fsp3) is 0.600. The Morgan fingerprint density at radius 2 is 2.06 bits per heavy atom. The van der Waals surface area contributed by atoms with Crippen LogP contribution in [0.3, 0.4) is 0 Å². The average molecular weight is 249 g/mol. The molecule has 0 aliphatic heterocycles. The molecule has 0 heterocycles. The van der Waals surface area contributed by atoms with E-state index in [0.29, 0.717) is 6.10 Å². The van der Waals surface area contributed by atoms with E-state index >= 15 is 0 Å². The third-order valence-electron chi connectivity index (χ3n) is 3.41. The Bertz CT molecular complexity index is 384. The largest absolute Gasteiger partial charge is 0.497 e. The van der Waals surface area contributed by atoms with Gasteiger partial charge in [-0.1, -0.05) is 6.07 Å². The van der Waals surface area contributed by atoms with E-state index in [1.807, 2.05) is 19.1 Å². The molecule has 1 aliphatic carbocycles. The summed E-state index contributed by atoms with van der Waals surface area (Å²) in [5.74, 6) is 1.79. The van der Waals surface area contributed by atoms with Gasteiger partial charge in [0.05, 0.1) is 13.2 Å². The fourth-order valence-electron chi connectivity index (χ4n) is 2.47. The zero-order valence-corrected chi connectivity index (χ0v) is 11.3. The summed E-state index contributed by atoms with van der Waals surface area (Å²) in [6, 6.07) is 6.16. The third-order valence-corrected chi connectivity index (χ3v) is 3.41. The Hall–Kier alpha value is -1.22. The van der Waals surface area contributed by atoms with Crippen LogP contribution in [0.2, 0.25) is 0 Å². The molecule has 1 atom stereocenters. The molecule has 0 bridgehead atoms. The number of nitrogens with two attached hydrogens (primary N) is 1. The monoisotopic (exact) mass is 249 g/mol. The molecule has 1 unspecified atom stereocenters. The van der Waals surface area contributed by atoms with Gasteiger partial charge in [0.25, 0.3) is 0 Å². The van der Waals surface area contributed by atoms with Crippen molar-refractivity contribution in [2.24, 2.45) is 5.73 Å². The summed E-state index contributed by atoms with van der Waals surface area (Å²) in [5.41, 5.74) is 7.06. The molecule has 0 radical (unpaired) electrons. The Kier molecular flexibility index (Phi) is 4.48. The minimum Gasteiger partial charge on any atom is -0.497 e. The second kappa shape index (κ2) is 6.10. The average Bonchev–Trinajstić information content (AvgIpc) is 2.83. The van der Waals surface area contributed by atoms with Crippen LogP contribution < -0.4 is 15.2 Å². The highest BCUT2D eigenvalue weighted by Crippen LogP contribution is 2.30. The van der Waals surface area contributed by atoms with Gasteiger partial charge in [-0.2, -0.15) is 0 Å². The van der Waals surface area contributed by atoms with Crippen molar-refractivity contribution in [3.05, 3.63) is 23.8 Å². The van der Waals surface area contributed by atoms with Crippen LogP contribution in [-0.4, -0.2) is 19.3 Å². The van der Waals surface area contributed by atoms with E-state index < -0.39 is 0 Å². The Morgan fingerprint density at radius 1 is 1.33 bits per heavy atom. The number of methoxy groups -OCH3 is 1. The van der Waals surface area contributed by atoms with Crippen LogP contribution >= 0.6 is 0 Å². The number of rotatable bonds is 5. The lowest BCUT2D eigenvalue weighted by Crippen LogP contribution is -2.19. The Morgan fingerprint density at radius 3 is 2.67 bits per heavy atom. The quantitative estimate of drug-likeness (QED) is 0.872. The van der Waals surface area contributed by atoms with E-state index in [1.54, 1.807) is 7.11 Å². The topological polar surface area (TPSA) is 44.5 Å². The van der Waals surface area contributed by atoms with Crippen LogP contribution in [0.15, 0.2) is 18.2 Å². The number of hydrogen-bond donors (Lipinski definition) is 1. The van der Waals surface area contributed by atoms with Crippen molar-refractivity contribution in [1.82, 2.24) is 0 Å². The van der Waals surface area contributed by atoms with Gasteiger partial charge < -0.3 is 15.2 Å². The smallest absolute Gasteiger partial charge is 0.126 e. The van der Waals surface area contributed by atoms with E-state index in [1.165, 1.54) is 18.4 Å². The molecule has 3 nitrogen and oxygen atoms in total. The van der Waals surface area contributed by atoms with Gasteiger partial charge >= 0.3 is 0 Å². The first-order valence-electron chi connectivity index (χ1n) is 6.78. The molecule has 0 aromatic heterocycles. The molecule has 1 aliphatic rings. The Labute approximate surface area is 109 Å². The fourth-order valence-corrected chi connectivity index (χ4v) is 2.47. The molecule has 1 fully saturated rings. The van der Waals surface area contributed by atoms with E-state index in [2.05, 4.69) is 6.07 Å². The van der Waals surface area contributed by atoms with Gasteiger partial charge in [-0.3, -0.25) is 0 Å². The van der Waals surface area contributed by atoms with Gasteiger partial charge in [0.15, 0.2) is 0 Å². The van der Waals surface area contributed by atoms with Crippen LogP contribution in [0.4, 0.5) is 0 Å². The molecule has 18 heavy (non-hydrogen) atoms. The van der Waals surface area contributed by atoms with Crippen LogP contribution in [0.1, 0.15) is 38.2 Å². The highest BCUT2D eigenvalue weighted by molar-refractivity contribution is 5.41. The predicted octanol–water partition coefficient (Wildman–Crippen LogP) is 2.91. The summed E-state index contributed by atoms with van der Waals surface area (Å²) in [7, 11) is 1.68. The molecule has 0 spiro atoms. The van der Waals surface area contributed by atoms with Crippen molar-refractivity contribution < 1.29 is 9.47 Å². The van der Waals surface area contributed by atoms with Crippen molar-refractivity contribution in [3.8, 4) is 11.5 Å². The highest BCUT2D eigenvalue weighted by Gasteiger charge is 2.18. The molecule has 2 rings (SSSR count). The second-order valence-corrected chi connectivity index (χ2v) is 5.18. The normalized spacial score (nSPS) is 17.7. The number of benzene rings is 1. The molecule has 2 N–H and O–H groups in total. The van der Waals surface area contributed by atoms with Gasteiger partial charge in [0, 0.05) is 12.1 Å². The van der Waals surface area contributed by atoms with Gasteiger partial charge in [0.2, 0.25) is 0 Å². The Balaban J connectivity index is 2.16. The lowest BCUT2D eigenvalue weighted by Gasteiger charge is -2.18. The molecule has 3 heteroatoms. The first kappa shape index (κ1) is 13.2. The van der Waals surface area contributed by atoms with Crippen molar-refractivity contribution in [3.63, 3.8) is 0 Å².